The van der Waals surface area contributed by atoms with E-state index in [0.29, 0.717) is 0 Å². The van der Waals surface area contributed by atoms with Crippen LogP contribution in [0.25, 0.3) is 0 Å². The van der Waals surface area contributed by atoms with Crippen molar-refractivity contribution in [3.8, 4) is 0 Å². The van der Waals surface area contributed by atoms with Crippen LogP contribution in [0.3, 0.4) is 0 Å². The predicted molar refractivity (Wildman–Crippen MR) is 382 cm³/mol. The Balaban J connectivity index is 7.95. The third-order valence-electron chi connectivity index (χ3n) is 15.2. The number of hydrogen-bond donors (Lipinski definition) is 4. The van der Waals surface area contributed by atoms with Crippen LogP contribution in [0.5, 0.6) is 0 Å². The van der Waals surface area contributed by atoms with Gasteiger partial charge in [0.2, 0.25) is 17.7 Å². The standard InChI is InChI=1S/C71H120N4O36/c1-67(2,3)111-66(89)72-27-13-14-53(76)40-68(41-99-28-15-54(77)73-69(44-102-31-18-57(80)90-4,45-103-32-19-58(81)91-5)46-104-33-20-59(82)92-6,42-100-29-16-55(78)74-70(47-105-34-21-60(83)93-7,48-106-35-22-61(84)94-8)49-107-36-23-62(85)95-9)43-101-30-17-56(79)75-71(50-108-37-24-63(86)96-10,51-109-38-25-64(87)97-11)52-110-39-26-65(88)98-12/h13-52H2,1-12H3,(H,72,89)(H,73,77)(H,74,78)(H,75,79). The molecule has 0 fully saturated rings. The van der Waals surface area contributed by atoms with Gasteiger partial charge in [-0.2, -0.15) is 0 Å². The number of ketones is 1. The lowest BCUT2D eigenvalue weighted by Crippen LogP contribution is -2.59. The molecule has 0 aliphatic heterocycles. The third-order valence-corrected chi connectivity index (χ3v) is 15.2. The van der Waals surface area contributed by atoms with Crippen LogP contribution in [0.15, 0.2) is 0 Å². The quantitative estimate of drug-likeness (QED) is 0.0360. The maximum atomic E-state index is 14.4. The van der Waals surface area contributed by atoms with E-state index in [4.69, 9.17) is 104 Å². The van der Waals surface area contributed by atoms with Crippen molar-refractivity contribution in [2.75, 3.05) is 229 Å². The molecule has 4 amide bonds. The summed E-state index contributed by atoms with van der Waals surface area (Å²) in [6.07, 6.45) is -4.13. The number of amides is 4. The summed E-state index contributed by atoms with van der Waals surface area (Å²) < 4.78 is 120. The van der Waals surface area contributed by atoms with Gasteiger partial charge in [0, 0.05) is 44.1 Å². The number of Topliss-reactive ketones (excluding diaryl/α,β-unsaturated/α-hetero) is 1. The molecule has 0 rings (SSSR count). The smallest absolute Gasteiger partial charge is 0.407 e. The van der Waals surface area contributed by atoms with Gasteiger partial charge < -0.3 is 125 Å². The van der Waals surface area contributed by atoms with Gasteiger partial charge in [0.15, 0.2) is 0 Å². The summed E-state index contributed by atoms with van der Waals surface area (Å²) in [5.41, 5.74) is -7.09. The minimum Gasteiger partial charge on any atom is -0.469 e. The monoisotopic (exact) mass is 1600 g/mol. The summed E-state index contributed by atoms with van der Waals surface area (Å²) in [6.45, 7) is -2.27. The molecule has 0 saturated carbocycles. The van der Waals surface area contributed by atoms with Crippen molar-refractivity contribution >= 4 is 83.3 Å². The van der Waals surface area contributed by atoms with Crippen LogP contribution in [-0.2, 0) is 167 Å². The first-order valence-electron chi connectivity index (χ1n) is 35.9. The van der Waals surface area contributed by atoms with E-state index < -0.39 is 176 Å². The molecule has 0 aliphatic rings. The maximum absolute atomic E-state index is 14.4. The van der Waals surface area contributed by atoms with Gasteiger partial charge in [-0.05, 0) is 27.2 Å². The van der Waals surface area contributed by atoms with Crippen LogP contribution < -0.4 is 21.3 Å². The second-order valence-electron chi connectivity index (χ2n) is 26.0. The zero-order valence-electron chi connectivity index (χ0n) is 66.5. The van der Waals surface area contributed by atoms with E-state index in [1.807, 2.05) is 0 Å². The number of nitrogens with one attached hydrogen (secondary N) is 4. The van der Waals surface area contributed by atoms with Gasteiger partial charge in [-0.25, -0.2) is 4.79 Å². The van der Waals surface area contributed by atoms with Gasteiger partial charge in [-0.15, -0.1) is 0 Å². The summed E-state index contributed by atoms with van der Waals surface area (Å²) in [6, 6.07) is 0. The molecule has 4 N–H and O–H groups in total. The van der Waals surface area contributed by atoms with Crippen molar-refractivity contribution in [1.82, 2.24) is 21.3 Å². The normalized spacial score (nSPS) is 11.6. The van der Waals surface area contributed by atoms with Gasteiger partial charge >= 0.3 is 59.8 Å². The van der Waals surface area contributed by atoms with Crippen molar-refractivity contribution < 1.29 is 171 Å². The fourth-order valence-electron chi connectivity index (χ4n) is 9.44. The minimum atomic E-state index is -1.56. The zero-order valence-corrected chi connectivity index (χ0v) is 66.5. The molecule has 0 heterocycles. The molecule has 0 unspecified atom stereocenters. The first-order valence-corrected chi connectivity index (χ1v) is 35.9. The van der Waals surface area contributed by atoms with Crippen LogP contribution in [0.4, 0.5) is 4.79 Å². The van der Waals surface area contributed by atoms with Crippen molar-refractivity contribution in [2.45, 2.75) is 139 Å². The minimum absolute atomic E-state index is 0.00413. The topological polar surface area (TPSA) is 490 Å². The van der Waals surface area contributed by atoms with Crippen LogP contribution in [-0.4, -0.2) is 335 Å². The summed E-state index contributed by atoms with van der Waals surface area (Å²) in [4.78, 5) is 179. The van der Waals surface area contributed by atoms with Crippen molar-refractivity contribution in [3.63, 3.8) is 0 Å². The number of ether oxygens (including phenoxy) is 22. The summed E-state index contributed by atoms with van der Waals surface area (Å²) in [5, 5.41) is 11.2. The predicted octanol–water partition coefficient (Wildman–Crippen LogP) is 0.239. The largest absolute Gasteiger partial charge is 0.469 e. The van der Waals surface area contributed by atoms with Gasteiger partial charge in [0.05, 0.1) is 280 Å². The highest BCUT2D eigenvalue weighted by Crippen LogP contribution is 2.27. The lowest BCUT2D eigenvalue weighted by Gasteiger charge is -2.35. The average Bonchev–Trinajstić information content (AvgIpc) is 0.866. The van der Waals surface area contributed by atoms with Crippen molar-refractivity contribution in [3.05, 3.63) is 0 Å². The summed E-state index contributed by atoms with van der Waals surface area (Å²) in [5.74, 6) is -7.90. The lowest BCUT2D eigenvalue weighted by atomic mass is 9.84. The van der Waals surface area contributed by atoms with Gasteiger partial charge in [-0.3, -0.25) is 62.3 Å². The number of rotatable bonds is 69. The Hall–Kier alpha value is -7.90. The van der Waals surface area contributed by atoms with Gasteiger partial charge in [0.1, 0.15) is 28.0 Å². The van der Waals surface area contributed by atoms with Crippen LogP contribution in [0.2, 0.25) is 0 Å². The Morgan fingerprint density at radius 1 is 0.252 bits per heavy atom. The molecule has 0 spiro atoms. The highest BCUT2D eigenvalue weighted by atomic mass is 16.6. The first kappa shape index (κ1) is 103. The lowest BCUT2D eigenvalue weighted by molar-refractivity contribution is -0.145. The van der Waals surface area contributed by atoms with E-state index in [9.17, 15) is 67.1 Å². The molecule has 0 radical (unpaired) electrons. The molecule has 40 heteroatoms. The van der Waals surface area contributed by atoms with Crippen LogP contribution in [0, 0.1) is 5.41 Å². The van der Waals surface area contributed by atoms with Crippen LogP contribution >= 0.6 is 0 Å². The number of carbonyl (C=O) groups is 14. The molecule has 0 bridgehead atoms. The molecule has 0 aromatic rings. The third kappa shape index (κ3) is 53.6. The van der Waals surface area contributed by atoms with Crippen molar-refractivity contribution in [1.29, 1.82) is 0 Å². The summed E-state index contributed by atoms with van der Waals surface area (Å²) in [7, 11) is 10.7. The second-order valence-corrected chi connectivity index (χ2v) is 26.0. The Kier molecular flexibility index (Phi) is 57.3. The molecule has 0 aromatic heterocycles. The molecule has 111 heavy (non-hydrogen) atoms. The first-order chi connectivity index (χ1) is 52.9. The Morgan fingerprint density at radius 3 is 0.631 bits per heavy atom. The summed E-state index contributed by atoms with van der Waals surface area (Å²) >= 11 is 0. The zero-order chi connectivity index (χ0) is 83.3. The Morgan fingerprint density at radius 2 is 0.441 bits per heavy atom. The van der Waals surface area contributed by atoms with Crippen LogP contribution in [0.1, 0.15) is 117 Å². The molecule has 0 atom stereocenters. The molecule has 0 aliphatic carbocycles. The number of methoxy groups -OCH3 is 9. The molecule has 0 saturated heterocycles. The molecule has 40 nitrogen and oxygen atoms in total. The fourth-order valence-corrected chi connectivity index (χ4v) is 9.44. The number of carbonyl (C=O) groups excluding carboxylic acids is 14. The van der Waals surface area contributed by atoms with Gasteiger partial charge in [-0.1, -0.05) is 0 Å². The molecule has 0 aromatic carbocycles. The Bertz CT molecular complexity index is 2320. The van der Waals surface area contributed by atoms with E-state index in [1.54, 1.807) is 20.8 Å². The molecular weight excluding hydrogens is 1480 g/mol. The fraction of sp³-hybridized carbons (Fsp3) is 0.803. The average molecular weight is 1610 g/mol. The highest BCUT2D eigenvalue weighted by molar-refractivity contribution is 5.80. The Labute approximate surface area is 647 Å². The van der Waals surface area contributed by atoms with E-state index in [0.717, 1.165) is 0 Å². The number of hydrogen-bond acceptors (Lipinski definition) is 36. The van der Waals surface area contributed by atoms with E-state index in [-0.39, 0.29) is 196 Å². The van der Waals surface area contributed by atoms with Gasteiger partial charge in [0.25, 0.3) is 0 Å². The number of esters is 9. The number of alkyl carbamates (subject to hydrolysis) is 1. The maximum Gasteiger partial charge on any atom is 0.407 e. The highest BCUT2D eigenvalue weighted by Gasteiger charge is 2.39. The SMILES string of the molecule is COC(=O)CCOCC(COCCC(=O)OC)(COCCC(=O)OC)NC(=O)CCOCC(COCCC(=O)NC(COCCC(=O)OC)(COCCC(=O)OC)COCCC(=O)OC)(COCCC(=O)NC(COCCC(=O)OC)(COCCC(=O)OC)COCCC(=O)OC)CC(=O)CCCNC(=O)OC(C)(C)C. The second kappa shape index (κ2) is 61.7. The van der Waals surface area contributed by atoms with E-state index in [1.165, 1.54) is 64.0 Å². The van der Waals surface area contributed by atoms with E-state index >= 15 is 0 Å². The van der Waals surface area contributed by atoms with Crippen molar-refractivity contribution in [2.24, 2.45) is 5.41 Å². The van der Waals surface area contributed by atoms with E-state index in [2.05, 4.69) is 21.3 Å². The molecular formula is C71H120N4O36. The molecule has 640 valence electrons.